The Morgan fingerprint density at radius 1 is 0.648 bits per heavy atom. The number of allylic oxidation sites excluding steroid dienone is 6. The maximum absolute atomic E-state index is 5.00. The van der Waals surface area contributed by atoms with Gasteiger partial charge in [-0.2, -0.15) is 0 Å². The summed E-state index contributed by atoms with van der Waals surface area (Å²) in [5.41, 5.74) is 16.7. The van der Waals surface area contributed by atoms with E-state index in [0.29, 0.717) is 5.92 Å². The molecule has 0 fully saturated rings. The smallest absolute Gasteiger partial charge is 0.0540 e. The van der Waals surface area contributed by atoms with Gasteiger partial charge in [-0.15, -0.1) is 0 Å². The van der Waals surface area contributed by atoms with Crippen molar-refractivity contribution >= 4 is 95.8 Å². The highest BCUT2D eigenvalue weighted by molar-refractivity contribution is 6.11. The van der Waals surface area contributed by atoms with Crippen molar-refractivity contribution in [3.8, 4) is 0 Å². The predicted octanol–water partition coefficient (Wildman–Crippen LogP) is 17.7. The molecule has 11 rings (SSSR count). The third kappa shape index (κ3) is 8.68. The van der Waals surface area contributed by atoms with Gasteiger partial charge >= 0.3 is 0 Å². The Bertz CT molecular complexity index is 3650. The lowest BCUT2D eigenvalue weighted by atomic mass is 9.88. The molecule has 346 valence electrons. The molecule has 0 spiro atoms. The van der Waals surface area contributed by atoms with Gasteiger partial charge in [-0.25, -0.2) is 0 Å². The molecular weight excluding hydrogens is 861 g/mol. The van der Waals surface area contributed by atoms with Crippen LogP contribution in [0.3, 0.4) is 0 Å². The van der Waals surface area contributed by atoms with Crippen LogP contribution >= 0.6 is 0 Å². The largest absolute Gasteiger partial charge is 0.340 e. The van der Waals surface area contributed by atoms with Gasteiger partial charge in [-0.3, -0.25) is 4.99 Å². The third-order valence-corrected chi connectivity index (χ3v) is 14.3. The summed E-state index contributed by atoms with van der Waals surface area (Å²) in [6.45, 7) is 14.4. The van der Waals surface area contributed by atoms with E-state index in [2.05, 4.69) is 253 Å². The molecule has 0 radical (unpaired) electrons. The second-order valence-electron chi connectivity index (χ2n) is 18.8. The van der Waals surface area contributed by atoms with Crippen molar-refractivity contribution < 1.29 is 0 Å². The molecule has 0 aliphatic heterocycles. The Labute approximate surface area is 417 Å². The molecule has 0 saturated heterocycles. The van der Waals surface area contributed by atoms with E-state index in [1.165, 1.54) is 65.9 Å². The molecule has 10 aromatic rings. The van der Waals surface area contributed by atoms with Crippen LogP contribution < -0.4 is 4.90 Å². The van der Waals surface area contributed by atoms with Gasteiger partial charge in [0.2, 0.25) is 0 Å². The Morgan fingerprint density at radius 3 is 1.96 bits per heavy atom. The first-order valence-electron chi connectivity index (χ1n) is 25.0. The number of rotatable bonds is 15. The zero-order valence-corrected chi connectivity index (χ0v) is 40.6. The highest BCUT2D eigenvalue weighted by Gasteiger charge is 2.26. The van der Waals surface area contributed by atoms with Crippen molar-refractivity contribution in [1.29, 1.82) is 0 Å². The van der Waals surface area contributed by atoms with Crippen molar-refractivity contribution in [3.63, 3.8) is 0 Å². The zero-order valence-electron chi connectivity index (χ0n) is 40.6. The van der Waals surface area contributed by atoms with Crippen LogP contribution in [0.4, 0.5) is 17.1 Å². The maximum atomic E-state index is 5.00. The number of benzene rings is 8. The van der Waals surface area contributed by atoms with Gasteiger partial charge in [0.1, 0.15) is 0 Å². The SMILES string of the molecule is C=Cc1c(C=C)n(CC2CC=C(c3ccc(CC(C)CN=C/C(=C\C)c4ccc(N(c5ccccc5)c5cccc6ccccc56)cc4)cc3)C=C2n2c3ccccc3c3ccccc32)c2ccccc12. The average molecular weight is 919 g/mol. The second-order valence-corrected chi connectivity index (χ2v) is 18.8. The van der Waals surface area contributed by atoms with Crippen LogP contribution in [0.2, 0.25) is 0 Å². The topological polar surface area (TPSA) is 25.5 Å². The van der Waals surface area contributed by atoms with E-state index in [1.807, 2.05) is 18.4 Å². The lowest BCUT2D eigenvalue weighted by Gasteiger charge is -2.28. The standard InChI is InChI=1S/C67H58N4/c1-5-49(50-38-40-56(41-39-50)70(55-22-9-8-10-23-55)64-31-19-21-52-20-11-12-24-58(52)64)45-68-44-47(4)42-48-32-34-51(35-33-48)53-36-37-54(46-69-62(7-3)57(6-2)59-25-13-16-28-63(59)69)67(43-53)71-65-29-17-14-26-60(65)61-27-15-18-30-66(61)71/h5-36,38-41,43,45,47,54H,2-3,37,42,44,46H2,1,4H3/b49-5+,68-45?. The molecule has 0 bridgehead atoms. The highest BCUT2D eigenvalue weighted by atomic mass is 15.1. The number of para-hydroxylation sites is 4. The Kier molecular flexibility index (Phi) is 12.6. The van der Waals surface area contributed by atoms with Crippen LogP contribution in [-0.4, -0.2) is 21.9 Å². The fraction of sp³-hybridized carbons (Fsp3) is 0.119. The summed E-state index contributed by atoms with van der Waals surface area (Å²) in [6.07, 6.45) is 14.9. The minimum absolute atomic E-state index is 0.207. The van der Waals surface area contributed by atoms with Crippen molar-refractivity contribution in [2.45, 2.75) is 33.2 Å². The summed E-state index contributed by atoms with van der Waals surface area (Å²) >= 11 is 0. The Balaban J connectivity index is 0.813. The fourth-order valence-corrected chi connectivity index (χ4v) is 10.9. The van der Waals surface area contributed by atoms with E-state index in [1.54, 1.807) is 0 Å². The summed E-state index contributed by atoms with van der Waals surface area (Å²) in [6, 6.07) is 70.2. The predicted molar refractivity (Wildman–Crippen MR) is 307 cm³/mol. The first-order chi connectivity index (χ1) is 35.0. The first kappa shape index (κ1) is 45.0. The normalized spacial score (nSPS) is 14.6. The zero-order chi connectivity index (χ0) is 48.3. The number of hydrogen-bond acceptors (Lipinski definition) is 2. The van der Waals surface area contributed by atoms with Crippen molar-refractivity contribution in [1.82, 2.24) is 9.13 Å². The number of fused-ring (bicyclic) bond motifs is 5. The lowest BCUT2D eigenvalue weighted by Crippen LogP contribution is -2.19. The quantitative estimate of drug-likeness (QED) is 0.0941. The van der Waals surface area contributed by atoms with Crippen molar-refractivity contribution in [3.05, 3.63) is 253 Å². The summed E-state index contributed by atoms with van der Waals surface area (Å²) in [5.74, 6) is 0.583. The number of nitrogens with zero attached hydrogens (tertiary/aromatic N) is 4. The van der Waals surface area contributed by atoms with Gasteiger partial charge in [0.25, 0.3) is 0 Å². The van der Waals surface area contributed by atoms with Crippen LogP contribution in [0, 0.1) is 11.8 Å². The maximum Gasteiger partial charge on any atom is 0.0540 e. The Morgan fingerprint density at radius 2 is 1.27 bits per heavy atom. The van der Waals surface area contributed by atoms with E-state index in [0.717, 1.165) is 65.4 Å². The molecule has 4 nitrogen and oxygen atoms in total. The van der Waals surface area contributed by atoms with E-state index in [9.17, 15) is 0 Å². The van der Waals surface area contributed by atoms with Crippen LogP contribution in [0.5, 0.6) is 0 Å². The van der Waals surface area contributed by atoms with Gasteiger partial charge in [0.15, 0.2) is 0 Å². The number of anilines is 3. The van der Waals surface area contributed by atoms with E-state index in [-0.39, 0.29) is 5.92 Å². The molecule has 8 aromatic carbocycles. The fourth-order valence-electron chi connectivity index (χ4n) is 10.9. The summed E-state index contributed by atoms with van der Waals surface area (Å²) in [4.78, 5) is 7.35. The number of aromatic nitrogens is 2. The van der Waals surface area contributed by atoms with E-state index >= 15 is 0 Å². The van der Waals surface area contributed by atoms with Crippen LogP contribution in [0.25, 0.3) is 72.5 Å². The third-order valence-electron chi connectivity index (χ3n) is 14.3. The monoisotopic (exact) mass is 918 g/mol. The van der Waals surface area contributed by atoms with Gasteiger partial charge in [0, 0.05) is 80.6 Å². The molecule has 2 heterocycles. The molecule has 4 heteroatoms. The molecule has 0 N–H and O–H groups in total. The molecule has 2 aromatic heterocycles. The Hall–Kier alpha value is -8.47. The van der Waals surface area contributed by atoms with Crippen molar-refractivity contribution in [2.24, 2.45) is 16.8 Å². The minimum atomic E-state index is 0.207. The molecular formula is C67H58N4. The highest BCUT2D eigenvalue weighted by Crippen LogP contribution is 2.42. The summed E-state index contributed by atoms with van der Waals surface area (Å²) in [7, 11) is 0. The molecule has 2 unspecified atom stereocenters. The average Bonchev–Trinajstić information content (AvgIpc) is 3.92. The van der Waals surface area contributed by atoms with Crippen molar-refractivity contribution in [2.75, 3.05) is 11.4 Å². The molecule has 1 aliphatic rings. The number of aliphatic imine (C=N–C) groups is 1. The van der Waals surface area contributed by atoms with Gasteiger partial charge < -0.3 is 14.0 Å². The van der Waals surface area contributed by atoms with E-state index < -0.39 is 0 Å². The summed E-state index contributed by atoms with van der Waals surface area (Å²) < 4.78 is 4.97. The number of hydrogen-bond donors (Lipinski definition) is 0. The van der Waals surface area contributed by atoms with E-state index in [4.69, 9.17) is 4.99 Å². The van der Waals surface area contributed by atoms with Crippen LogP contribution in [0.1, 0.15) is 48.2 Å². The molecule has 0 saturated carbocycles. The molecule has 2 atom stereocenters. The molecule has 0 amide bonds. The lowest BCUT2D eigenvalue weighted by molar-refractivity contribution is 0.542. The minimum Gasteiger partial charge on any atom is -0.340 e. The summed E-state index contributed by atoms with van der Waals surface area (Å²) in [5, 5.41) is 6.19. The molecule has 71 heavy (non-hydrogen) atoms. The van der Waals surface area contributed by atoms with Crippen LogP contribution in [0.15, 0.2) is 231 Å². The van der Waals surface area contributed by atoms with Gasteiger partial charge in [-0.05, 0) is 120 Å². The van der Waals surface area contributed by atoms with Gasteiger partial charge in [0.05, 0.1) is 16.7 Å². The molecule has 1 aliphatic carbocycles. The first-order valence-corrected chi connectivity index (χ1v) is 25.0. The van der Waals surface area contributed by atoms with Gasteiger partial charge in [-0.1, -0.05) is 184 Å². The second kappa shape index (κ2) is 19.9. The van der Waals surface area contributed by atoms with Crippen LogP contribution in [-0.2, 0) is 13.0 Å².